The van der Waals surface area contributed by atoms with Gasteiger partial charge in [0.15, 0.2) is 0 Å². The Morgan fingerprint density at radius 2 is 1.74 bits per heavy atom. The predicted molar refractivity (Wildman–Crippen MR) is 106 cm³/mol. The van der Waals surface area contributed by atoms with Crippen molar-refractivity contribution in [1.29, 1.82) is 0 Å². The zero-order valence-corrected chi connectivity index (χ0v) is 15.9. The van der Waals surface area contributed by atoms with E-state index in [-0.39, 0.29) is 24.1 Å². The van der Waals surface area contributed by atoms with Crippen LogP contribution >= 0.6 is 22.7 Å². The normalized spacial score (nSPS) is 16.7. The zero-order chi connectivity index (χ0) is 18.8. The van der Waals surface area contributed by atoms with E-state index in [0.29, 0.717) is 17.1 Å². The zero-order valence-electron chi connectivity index (χ0n) is 14.3. The molecule has 3 aromatic rings. The summed E-state index contributed by atoms with van der Waals surface area (Å²) in [5, 5.41) is 3.76. The second-order valence-corrected chi connectivity index (χ2v) is 8.09. The Bertz CT molecular complexity index is 953. The third-order valence-corrected chi connectivity index (χ3v) is 6.13. The Kier molecular flexibility index (Phi) is 4.87. The molecule has 0 radical (unpaired) electrons. The van der Waals surface area contributed by atoms with E-state index >= 15 is 0 Å². The van der Waals surface area contributed by atoms with Crippen LogP contribution in [0.2, 0.25) is 0 Å². The molecular weight excluding hydrogens is 380 g/mol. The Labute approximate surface area is 164 Å². The molecule has 1 aliphatic rings. The number of anilines is 1. The van der Waals surface area contributed by atoms with E-state index in [9.17, 15) is 14.4 Å². The minimum absolute atomic E-state index is 0.00375. The third kappa shape index (κ3) is 3.43. The molecule has 0 aliphatic carbocycles. The molecule has 3 amide bonds. The number of benzene rings is 1. The number of imide groups is 1. The highest BCUT2D eigenvalue weighted by molar-refractivity contribution is 7.12. The fourth-order valence-corrected chi connectivity index (χ4v) is 4.53. The molecule has 27 heavy (non-hydrogen) atoms. The molecule has 1 aromatic carbocycles. The van der Waals surface area contributed by atoms with Crippen LogP contribution in [0.4, 0.5) is 5.69 Å². The molecule has 1 aliphatic heterocycles. The topological polar surface area (TPSA) is 57.7 Å². The van der Waals surface area contributed by atoms with Crippen molar-refractivity contribution < 1.29 is 14.4 Å². The highest BCUT2D eigenvalue weighted by atomic mass is 32.1. The first-order valence-corrected chi connectivity index (χ1v) is 10.2. The number of nitrogens with zero attached hydrogens (tertiary/aromatic N) is 2. The Morgan fingerprint density at radius 1 is 1.00 bits per heavy atom. The standard InChI is InChI=1S/C20H16N2O3S2/c23-18-12-16(19(24)22(18)14-6-2-1-3-7-14)21(13-15-8-4-10-26-15)20(25)17-9-5-11-27-17/h1-11,16H,12-13H2. The molecule has 1 atom stereocenters. The van der Waals surface area contributed by atoms with Crippen LogP contribution in [0.5, 0.6) is 0 Å². The van der Waals surface area contributed by atoms with Crippen LogP contribution in [0.25, 0.3) is 0 Å². The van der Waals surface area contributed by atoms with E-state index in [4.69, 9.17) is 0 Å². The first kappa shape index (κ1) is 17.6. The van der Waals surface area contributed by atoms with Gasteiger partial charge in [-0.1, -0.05) is 30.3 Å². The summed E-state index contributed by atoms with van der Waals surface area (Å²) in [6, 6.07) is 15.4. The summed E-state index contributed by atoms with van der Waals surface area (Å²) in [5.74, 6) is -0.863. The molecule has 1 saturated heterocycles. The molecule has 0 N–H and O–H groups in total. The molecule has 5 nitrogen and oxygen atoms in total. The molecule has 1 fully saturated rings. The molecule has 2 aromatic heterocycles. The maximum absolute atomic E-state index is 13.1. The number of para-hydroxylation sites is 1. The van der Waals surface area contributed by atoms with Crippen molar-refractivity contribution in [2.24, 2.45) is 0 Å². The van der Waals surface area contributed by atoms with Gasteiger partial charge in [0, 0.05) is 4.88 Å². The minimum Gasteiger partial charge on any atom is -0.320 e. The van der Waals surface area contributed by atoms with Crippen LogP contribution in [0.1, 0.15) is 21.0 Å². The van der Waals surface area contributed by atoms with Gasteiger partial charge in [0.05, 0.1) is 23.5 Å². The van der Waals surface area contributed by atoms with Crippen LogP contribution in [-0.2, 0) is 16.1 Å². The molecule has 7 heteroatoms. The lowest BCUT2D eigenvalue weighted by Crippen LogP contribution is -2.44. The summed E-state index contributed by atoms with van der Waals surface area (Å²) in [6.07, 6.45) is -0.00375. The van der Waals surface area contributed by atoms with Crippen molar-refractivity contribution in [3.8, 4) is 0 Å². The van der Waals surface area contributed by atoms with Crippen molar-refractivity contribution in [3.05, 3.63) is 75.1 Å². The second kappa shape index (κ2) is 7.46. The predicted octanol–water partition coefficient (Wildman–Crippen LogP) is 3.78. The van der Waals surface area contributed by atoms with Crippen molar-refractivity contribution >= 4 is 46.1 Å². The van der Waals surface area contributed by atoms with E-state index in [0.717, 1.165) is 4.88 Å². The lowest BCUT2D eigenvalue weighted by Gasteiger charge is -2.26. The van der Waals surface area contributed by atoms with Crippen LogP contribution < -0.4 is 4.90 Å². The molecule has 1 unspecified atom stereocenters. The summed E-state index contributed by atoms with van der Waals surface area (Å²) >= 11 is 2.86. The number of carbonyl (C=O) groups is 3. The van der Waals surface area contributed by atoms with Gasteiger partial charge in [0.1, 0.15) is 6.04 Å². The number of hydrogen-bond donors (Lipinski definition) is 0. The molecule has 0 saturated carbocycles. The number of rotatable bonds is 5. The maximum atomic E-state index is 13.1. The van der Waals surface area contributed by atoms with Gasteiger partial charge in [-0.15, -0.1) is 22.7 Å². The minimum atomic E-state index is -0.797. The monoisotopic (exact) mass is 396 g/mol. The van der Waals surface area contributed by atoms with Crippen LogP contribution in [0.15, 0.2) is 65.4 Å². The Balaban J connectivity index is 1.66. The van der Waals surface area contributed by atoms with E-state index in [2.05, 4.69) is 0 Å². The maximum Gasteiger partial charge on any atom is 0.264 e. The van der Waals surface area contributed by atoms with Crippen molar-refractivity contribution in [3.63, 3.8) is 0 Å². The first-order valence-electron chi connectivity index (χ1n) is 8.44. The van der Waals surface area contributed by atoms with Crippen molar-refractivity contribution in [2.45, 2.75) is 19.0 Å². The van der Waals surface area contributed by atoms with Gasteiger partial charge in [-0.3, -0.25) is 14.4 Å². The van der Waals surface area contributed by atoms with E-state index in [1.807, 2.05) is 29.0 Å². The number of carbonyl (C=O) groups excluding carboxylic acids is 3. The molecule has 3 heterocycles. The van der Waals surface area contributed by atoms with Crippen LogP contribution in [0.3, 0.4) is 0 Å². The van der Waals surface area contributed by atoms with Crippen LogP contribution in [-0.4, -0.2) is 28.7 Å². The molecule has 0 spiro atoms. The molecule has 0 bridgehead atoms. The SMILES string of the molecule is O=C1CC(N(Cc2cccs2)C(=O)c2cccs2)C(=O)N1c1ccccc1. The molecule has 4 rings (SSSR count). The van der Waals surface area contributed by atoms with E-state index in [1.165, 1.54) is 32.5 Å². The molecular formula is C20H16N2O3S2. The largest absolute Gasteiger partial charge is 0.320 e. The van der Waals surface area contributed by atoms with Gasteiger partial charge in [-0.25, -0.2) is 4.90 Å². The molecule has 136 valence electrons. The number of thiophene rings is 2. The fraction of sp³-hybridized carbons (Fsp3) is 0.150. The smallest absolute Gasteiger partial charge is 0.264 e. The van der Waals surface area contributed by atoms with E-state index in [1.54, 1.807) is 36.4 Å². The number of amides is 3. The van der Waals surface area contributed by atoms with Crippen molar-refractivity contribution in [1.82, 2.24) is 4.90 Å². The van der Waals surface area contributed by atoms with E-state index < -0.39 is 6.04 Å². The lowest BCUT2D eigenvalue weighted by molar-refractivity contribution is -0.122. The first-order chi connectivity index (χ1) is 13.1. The van der Waals surface area contributed by atoms with Crippen LogP contribution in [0, 0.1) is 0 Å². The summed E-state index contributed by atoms with van der Waals surface area (Å²) in [4.78, 5) is 43.0. The Morgan fingerprint density at radius 3 is 2.41 bits per heavy atom. The number of hydrogen-bond acceptors (Lipinski definition) is 5. The van der Waals surface area contributed by atoms with Gasteiger partial charge in [0.2, 0.25) is 5.91 Å². The lowest BCUT2D eigenvalue weighted by atomic mass is 10.2. The Hall–Kier alpha value is -2.77. The van der Waals surface area contributed by atoms with Crippen molar-refractivity contribution in [2.75, 3.05) is 4.90 Å². The van der Waals surface area contributed by atoms with Gasteiger partial charge in [-0.05, 0) is 35.0 Å². The quantitative estimate of drug-likeness (QED) is 0.617. The van der Waals surface area contributed by atoms with Gasteiger partial charge in [0.25, 0.3) is 11.8 Å². The van der Waals surface area contributed by atoms with Gasteiger partial charge >= 0.3 is 0 Å². The summed E-state index contributed by atoms with van der Waals surface area (Å²) in [7, 11) is 0. The van der Waals surface area contributed by atoms with Gasteiger partial charge in [-0.2, -0.15) is 0 Å². The highest BCUT2D eigenvalue weighted by Crippen LogP contribution is 2.28. The summed E-state index contributed by atoms with van der Waals surface area (Å²) < 4.78 is 0. The fourth-order valence-electron chi connectivity index (χ4n) is 3.14. The third-order valence-electron chi connectivity index (χ3n) is 4.41. The summed E-state index contributed by atoms with van der Waals surface area (Å²) in [5.41, 5.74) is 0.537. The average molecular weight is 396 g/mol. The highest BCUT2D eigenvalue weighted by Gasteiger charge is 2.44. The average Bonchev–Trinajstić information content (AvgIpc) is 3.42. The summed E-state index contributed by atoms with van der Waals surface area (Å²) in [6.45, 7) is 0.306. The second-order valence-electron chi connectivity index (χ2n) is 6.11. The van der Waals surface area contributed by atoms with Gasteiger partial charge < -0.3 is 4.90 Å².